The largest absolute Gasteiger partial charge is 0.537 e. The third kappa shape index (κ3) is 6.01. The Morgan fingerprint density at radius 2 is 1.79 bits per heavy atom. The molecule has 0 aliphatic heterocycles. The van der Waals surface area contributed by atoms with Gasteiger partial charge in [0.2, 0.25) is 0 Å². The highest BCUT2D eigenvalue weighted by Crippen LogP contribution is 2.51. The normalized spacial score (nSPS) is 14.2. The molecule has 1 atom stereocenters. The van der Waals surface area contributed by atoms with Crippen molar-refractivity contribution in [3.05, 3.63) is 29.3 Å². The van der Waals surface area contributed by atoms with Crippen molar-refractivity contribution in [3.63, 3.8) is 0 Å². The van der Waals surface area contributed by atoms with Gasteiger partial charge >= 0.3 is 13.6 Å². The fourth-order valence-corrected chi connectivity index (χ4v) is 5.51. The minimum Gasteiger partial charge on any atom is -0.537 e. The highest BCUT2D eigenvalue weighted by molar-refractivity contribution is 7.53. The van der Waals surface area contributed by atoms with E-state index in [4.69, 9.17) is 23.6 Å². The maximum Gasteiger partial charge on any atom is 0.341 e. The molecule has 0 heterocycles. The van der Waals surface area contributed by atoms with Crippen molar-refractivity contribution in [1.82, 2.24) is 0 Å². The zero-order valence-corrected chi connectivity index (χ0v) is 19.7. The molecule has 0 saturated carbocycles. The summed E-state index contributed by atoms with van der Waals surface area (Å²) in [6, 6.07) is 4.93. The van der Waals surface area contributed by atoms with Crippen LogP contribution in [0.1, 0.15) is 50.5 Å². The van der Waals surface area contributed by atoms with Crippen molar-refractivity contribution in [2.75, 3.05) is 20.3 Å². The summed E-state index contributed by atoms with van der Waals surface area (Å²) in [6.07, 6.45) is 0.0604. The van der Waals surface area contributed by atoms with Crippen LogP contribution < -0.4 is 4.43 Å². The topological polar surface area (TPSA) is 94.9 Å². The molecule has 0 bridgehead atoms. The van der Waals surface area contributed by atoms with Gasteiger partial charge < -0.3 is 23.6 Å². The number of hydrogen-bond donors (Lipinski definition) is 1. The van der Waals surface area contributed by atoms with E-state index in [1.807, 2.05) is 27.3 Å². The van der Waals surface area contributed by atoms with Crippen molar-refractivity contribution in [2.45, 2.75) is 52.4 Å². The Bertz CT molecular complexity index is 738. The summed E-state index contributed by atoms with van der Waals surface area (Å²) >= 11 is 0. The summed E-state index contributed by atoms with van der Waals surface area (Å²) in [6.45, 7) is 12.0. The first-order chi connectivity index (χ1) is 12.9. The summed E-state index contributed by atoms with van der Waals surface area (Å²) in [5, 5.41) is 7.63. The number of esters is 1. The van der Waals surface area contributed by atoms with E-state index in [9.17, 15) is 9.36 Å². The maximum absolute atomic E-state index is 12.9. The van der Waals surface area contributed by atoms with Gasteiger partial charge in [-0.15, -0.1) is 0 Å². The van der Waals surface area contributed by atoms with Gasteiger partial charge in [0.25, 0.3) is 8.32 Å². The minimum absolute atomic E-state index is 0.0604. The van der Waals surface area contributed by atoms with Crippen molar-refractivity contribution in [1.29, 1.82) is 5.41 Å². The Hall–Kier alpha value is -1.47. The van der Waals surface area contributed by atoms with Gasteiger partial charge in [-0.2, -0.15) is 0 Å². The van der Waals surface area contributed by atoms with Gasteiger partial charge in [0.15, 0.2) is 0 Å². The smallest absolute Gasteiger partial charge is 0.341 e. The average molecular weight is 430 g/mol. The maximum atomic E-state index is 12.9. The first kappa shape index (κ1) is 24.6. The van der Waals surface area contributed by atoms with Crippen molar-refractivity contribution < 1.29 is 27.6 Å². The van der Waals surface area contributed by atoms with Crippen LogP contribution in [0.2, 0.25) is 11.6 Å². The number of carbonyl (C=O) groups is 1. The Kier molecular flexibility index (Phi) is 8.62. The number of rotatable bonds is 10. The number of benzene rings is 1. The standard InChI is InChI=1S/C19H32NO6PSi/c1-8-24-27(22,25-9-2)13-15-10-11-16(18(21)23-6)17(12-15)26-28(7,14-20)19(3,4)5/h10-12,14,20H,8-9,13H2,1-7H3. The molecule has 0 aliphatic rings. The van der Waals surface area contributed by atoms with Gasteiger partial charge in [0, 0.05) is 5.84 Å². The molecule has 1 unspecified atom stereocenters. The number of hydrogen-bond acceptors (Lipinski definition) is 7. The number of nitrogens with one attached hydrogen (secondary N) is 1. The van der Waals surface area contributed by atoms with Crippen LogP contribution >= 0.6 is 7.60 Å². The van der Waals surface area contributed by atoms with Crippen molar-refractivity contribution >= 4 is 27.7 Å². The third-order valence-corrected chi connectivity index (χ3v) is 10.8. The second-order valence-electron chi connectivity index (χ2n) is 7.53. The molecule has 1 aromatic carbocycles. The summed E-state index contributed by atoms with van der Waals surface area (Å²) in [5.74, 6) is 1.14. The van der Waals surface area contributed by atoms with E-state index in [-0.39, 0.29) is 30.0 Å². The summed E-state index contributed by atoms with van der Waals surface area (Å²) in [4.78, 5) is 12.2. The molecule has 1 rings (SSSR count). The summed E-state index contributed by atoms with van der Waals surface area (Å²) in [5.41, 5.74) is 0.918. The van der Waals surface area contributed by atoms with Gasteiger partial charge in [-0.3, -0.25) is 4.57 Å². The van der Waals surface area contributed by atoms with E-state index in [0.717, 1.165) is 0 Å². The summed E-state index contributed by atoms with van der Waals surface area (Å²) in [7, 11) is -4.67. The lowest BCUT2D eigenvalue weighted by molar-refractivity contribution is 0.0598. The van der Waals surface area contributed by atoms with Crippen LogP contribution in [0.4, 0.5) is 0 Å². The van der Waals surface area contributed by atoms with Crippen LogP contribution in [0.5, 0.6) is 5.75 Å². The monoisotopic (exact) mass is 429 g/mol. The molecule has 7 nitrogen and oxygen atoms in total. The van der Waals surface area contributed by atoms with E-state index in [2.05, 4.69) is 0 Å². The lowest BCUT2D eigenvalue weighted by Crippen LogP contribution is -2.49. The molecular weight excluding hydrogens is 397 g/mol. The summed E-state index contributed by atoms with van der Waals surface area (Å²) < 4.78 is 34.7. The van der Waals surface area contributed by atoms with Crippen LogP contribution in [0.3, 0.4) is 0 Å². The SMILES string of the molecule is CCOP(=O)(Cc1ccc(C(=O)OC)c(O[Si](C)(C=N)C(C)(C)C)c1)OCC. The number of ether oxygens (including phenoxy) is 1. The quantitative estimate of drug-likeness (QED) is 0.238. The predicted molar refractivity (Wildman–Crippen MR) is 113 cm³/mol. The fraction of sp³-hybridized carbons (Fsp3) is 0.579. The molecule has 0 aliphatic carbocycles. The van der Waals surface area contributed by atoms with Crippen LogP contribution in [0, 0.1) is 5.41 Å². The zero-order chi connectivity index (χ0) is 21.6. The second-order valence-corrected chi connectivity index (χ2v) is 13.8. The van der Waals surface area contributed by atoms with Crippen LogP contribution in [0.25, 0.3) is 0 Å². The van der Waals surface area contributed by atoms with E-state index in [1.54, 1.807) is 32.0 Å². The van der Waals surface area contributed by atoms with E-state index in [1.165, 1.54) is 12.9 Å². The van der Waals surface area contributed by atoms with Crippen LogP contribution in [0.15, 0.2) is 18.2 Å². The number of methoxy groups -OCH3 is 1. The Morgan fingerprint density at radius 3 is 2.21 bits per heavy atom. The molecule has 28 heavy (non-hydrogen) atoms. The van der Waals surface area contributed by atoms with Gasteiger partial charge in [0.1, 0.15) is 11.3 Å². The first-order valence-corrected chi connectivity index (χ1v) is 13.5. The van der Waals surface area contributed by atoms with Crippen LogP contribution in [-0.2, 0) is 24.5 Å². The lowest BCUT2D eigenvalue weighted by atomic mass is 10.1. The van der Waals surface area contributed by atoms with Gasteiger partial charge in [-0.25, -0.2) is 4.79 Å². The van der Waals surface area contributed by atoms with Gasteiger partial charge in [-0.05, 0) is 43.1 Å². The molecule has 1 aromatic rings. The van der Waals surface area contributed by atoms with Crippen LogP contribution in [-0.4, -0.2) is 40.4 Å². The Labute approximate surface area is 168 Å². The van der Waals surface area contributed by atoms with Crippen molar-refractivity contribution in [2.24, 2.45) is 0 Å². The second kappa shape index (κ2) is 9.83. The van der Waals surface area contributed by atoms with Crippen molar-refractivity contribution in [3.8, 4) is 5.75 Å². The molecule has 0 aromatic heterocycles. The highest BCUT2D eigenvalue weighted by Gasteiger charge is 2.43. The molecule has 0 saturated heterocycles. The molecule has 1 N–H and O–H groups in total. The fourth-order valence-electron chi connectivity index (χ4n) is 2.40. The molecule has 158 valence electrons. The number of carbonyl (C=O) groups excluding carboxylic acids is 1. The Morgan fingerprint density at radius 1 is 1.21 bits per heavy atom. The molecule has 0 fully saturated rings. The molecule has 0 spiro atoms. The molecular formula is C19H32NO6PSi. The van der Waals surface area contributed by atoms with E-state index in [0.29, 0.717) is 11.3 Å². The highest BCUT2D eigenvalue weighted by atomic mass is 31.2. The van der Waals surface area contributed by atoms with Gasteiger partial charge in [0.05, 0.1) is 26.5 Å². The van der Waals surface area contributed by atoms with Gasteiger partial charge in [-0.1, -0.05) is 26.8 Å². The molecule has 9 heteroatoms. The minimum atomic E-state index is -3.30. The zero-order valence-electron chi connectivity index (χ0n) is 17.8. The third-order valence-electron chi connectivity index (χ3n) is 4.57. The molecule has 0 radical (unpaired) electrons. The predicted octanol–water partition coefficient (Wildman–Crippen LogP) is 5.18. The average Bonchev–Trinajstić information content (AvgIpc) is 2.60. The Balaban J connectivity index is 3.40. The van der Waals surface area contributed by atoms with E-state index < -0.39 is 21.9 Å². The van der Waals surface area contributed by atoms with E-state index >= 15 is 0 Å². The molecule has 0 amide bonds. The lowest BCUT2D eigenvalue weighted by Gasteiger charge is -2.36. The first-order valence-electron chi connectivity index (χ1n) is 9.25.